The average Bonchev–Trinajstić information content (AvgIpc) is 3.26. The summed E-state index contributed by atoms with van der Waals surface area (Å²) in [6, 6.07) is 0. The Hall–Kier alpha value is -1.94. The second kappa shape index (κ2) is 4.17. The summed E-state index contributed by atoms with van der Waals surface area (Å²) in [5, 5.41) is 2.17. The molecule has 1 fully saturated rings. The Morgan fingerprint density at radius 1 is 1.29 bits per heavy atom. The van der Waals surface area contributed by atoms with Crippen molar-refractivity contribution in [1.29, 1.82) is 0 Å². The molecule has 6 aliphatic rings. The van der Waals surface area contributed by atoms with E-state index in [1.165, 1.54) is 21.7 Å². The molecule has 0 N–H and O–H groups in total. The first-order valence-corrected chi connectivity index (χ1v) is 9.44. The minimum atomic E-state index is -0.244. The molecule has 3 heterocycles. The summed E-state index contributed by atoms with van der Waals surface area (Å²) >= 11 is 1.77. The van der Waals surface area contributed by atoms with Crippen LogP contribution in [0.4, 0.5) is 0 Å². The van der Waals surface area contributed by atoms with E-state index in [4.69, 9.17) is 4.99 Å². The number of nitrogens with zero attached hydrogens (tertiary/aromatic N) is 2. The highest BCUT2D eigenvalue weighted by molar-refractivity contribution is 8.06. The third kappa shape index (κ3) is 1.29. The summed E-state index contributed by atoms with van der Waals surface area (Å²) in [7, 11) is 0. The molecule has 0 aromatic heterocycles. The lowest BCUT2D eigenvalue weighted by Gasteiger charge is -2.53. The number of allylic oxidation sites excluding steroid dienone is 6. The number of aliphatic imine (C=N–C) groups is 2. The third-order valence-corrected chi connectivity index (χ3v) is 7.53. The Kier molecular flexibility index (Phi) is 2.32. The van der Waals surface area contributed by atoms with Gasteiger partial charge in [-0.05, 0) is 35.5 Å². The van der Waals surface area contributed by atoms with Crippen LogP contribution in [0.3, 0.4) is 0 Å². The van der Waals surface area contributed by atoms with Crippen molar-refractivity contribution in [2.24, 2.45) is 26.7 Å². The fourth-order valence-electron chi connectivity index (χ4n) is 5.42. The zero-order chi connectivity index (χ0) is 15.9. The first-order valence-electron chi connectivity index (χ1n) is 8.56. The first kappa shape index (κ1) is 13.4. The highest BCUT2D eigenvalue weighted by Gasteiger charge is 2.65. The largest absolute Gasteiger partial charge is 0.300 e. The van der Waals surface area contributed by atoms with Crippen molar-refractivity contribution < 1.29 is 4.79 Å². The van der Waals surface area contributed by atoms with Crippen LogP contribution in [0.15, 0.2) is 67.6 Å². The highest BCUT2D eigenvalue weighted by atomic mass is 32.2. The van der Waals surface area contributed by atoms with E-state index in [0.717, 1.165) is 18.6 Å². The molecular weight excluding hydrogens is 316 g/mol. The number of hydrogen-bond donors (Lipinski definition) is 0. The Morgan fingerprint density at radius 3 is 3.21 bits per heavy atom. The van der Waals surface area contributed by atoms with E-state index in [0.29, 0.717) is 18.6 Å². The number of rotatable bonds is 0. The molecule has 3 atom stereocenters. The summed E-state index contributed by atoms with van der Waals surface area (Å²) < 4.78 is 0. The smallest absolute Gasteiger partial charge is 0.134 e. The quantitative estimate of drug-likeness (QED) is 0.669. The van der Waals surface area contributed by atoms with Gasteiger partial charge in [0.1, 0.15) is 5.78 Å². The lowest BCUT2D eigenvalue weighted by molar-refractivity contribution is -0.124. The maximum atomic E-state index is 12.4. The molecule has 2 spiro atoms. The molecule has 4 heteroatoms. The second-order valence-electron chi connectivity index (χ2n) is 7.38. The molecule has 0 aromatic rings. The van der Waals surface area contributed by atoms with Crippen LogP contribution >= 0.6 is 11.8 Å². The van der Waals surface area contributed by atoms with Crippen LogP contribution < -0.4 is 0 Å². The van der Waals surface area contributed by atoms with Gasteiger partial charge in [0, 0.05) is 41.0 Å². The van der Waals surface area contributed by atoms with Crippen molar-refractivity contribution in [2.45, 2.75) is 25.7 Å². The molecule has 6 rings (SSSR count). The van der Waals surface area contributed by atoms with Gasteiger partial charge >= 0.3 is 0 Å². The summed E-state index contributed by atoms with van der Waals surface area (Å²) in [5.41, 5.74) is 4.60. The number of ketones is 1. The monoisotopic (exact) mass is 332 g/mol. The lowest BCUT2D eigenvalue weighted by atomic mass is 9.48. The molecule has 24 heavy (non-hydrogen) atoms. The van der Waals surface area contributed by atoms with Gasteiger partial charge in [-0.25, -0.2) is 0 Å². The van der Waals surface area contributed by atoms with E-state index in [-0.39, 0.29) is 16.7 Å². The highest BCUT2D eigenvalue weighted by Crippen LogP contribution is 2.71. The molecule has 0 bridgehead atoms. The van der Waals surface area contributed by atoms with Crippen LogP contribution in [0.1, 0.15) is 25.7 Å². The molecule has 0 radical (unpaired) electrons. The van der Waals surface area contributed by atoms with Gasteiger partial charge in [-0.1, -0.05) is 30.0 Å². The van der Waals surface area contributed by atoms with Gasteiger partial charge in [-0.2, -0.15) is 0 Å². The van der Waals surface area contributed by atoms with Crippen molar-refractivity contribution in [3.8, 4) is 0 Å². The van der Waals surface area contributed by atoms with Crippen molar-refractivity contribution in [2.75, 3.05) is 0 Å². The topological polar surface area (TPSA) is 41.8 Å². The number of hydrogen-bond acceptors (Lipinski definition) is 4. The van der Waals surface area contributed by atoms with Gasteiger partial charge in [0.15, 0.2) is 0 Å². The maximum absolute atomic E-state index is 12.4. The summed E-state index contributed by atoms with van der Waals surface area (Å²) in [5.74, 6) is 0.599. The fourth-order valence-corrected chi connectivity index (χ4v) is 6.68. The Labute approximate surface area is 144 Å². The summed E-state index contributed by atoms with van der Waals surface area (Å²) in [4.78, 5) is 23.3. The van der Waals surface area contributed by atoms with E-state index in [1.807, 2.05) is 0 Å². The van der Waals surface area contributed by atoms with Crippen LogP contribution in [0.2, 0.25) is 0 Å². The molecule has 118 valence electrons. The predicted molar refractivity (Wildman–Crippen MR) is 96.8 cm³/mol. The van der Waals surface area contributed by atoms with Crippen LogP contribution in [-0.2, 0) is 4.79 Å². The van der Waals surface area contributed by atoms with Gasteiger partial charge in [-0.3, -0.25) is 14.8 Å². The molecule has 3 nitrogen and oxygen atoms in total. The van der Waals surface area contributed by atoms with Crippen LogP contribution in [0.5, 0.6) is 0 Å². The lowest BCUT2D eigenvalue weighted by Crippen LogP contribution is -2.51. The van der Waals surface area contributed by atoms with Gasteiger partial charge in [0.25, 0.3) is 0 Å². The normalized spacial score (nSPS) is 40.6. The number of thioether (sulfide) groups is 1. The van der Waals surface area contributed by atoms with E-state index < -0.39 is 0 Å². The molecule has 0 amide bonds. The van der Waals surface area contributed by atoms with Gasteiger partial charge in [-0.15, -0.1) is 0 Å². The molecule has 3 aliphatic heterocycles. The molecule has 3 aliphatic carbocycles. The van der Waals surface area contributed by atoms with Crippen molar-refractivity contribution in [3.05, 3.63) is 57.7 Å². The van der Waals surface area contributed by atoms with Crippen LogP contribution in [0, 0.1) is 16.7 Å². The standard InChI is InChI=1S/C20H16N2OS/c23-12-5-6-20-11-21-10-14(20)16-13-3-1-2-4-15(13)22-17(16)18-19(20,9-12)7-8-24-18/h2-4,7-8,10-11,16H,1,5-6,9H2. The molecule has 3 unspecified atom stereocenters. The fraction of sp³-hybridized carbons (Fsp3) is 0.350. The molecule has 0 aromatic carbocycles. The van der Waals surface area contributed by atoms with Crippen LogP contribution in [0.25, 0.3) is 0 Å². The first-order chi connectivity index (χ1) is 11.8. The molecule has 1 saturated carbocycles. The summed E-state index contributed by atoms with van der Waals surface area (Å²) in [6.45, 7) is 0. The minimum Gasteiger partial charge on any atom is -0.300 e. The average molecular weight is 332 g/mol. The van der Waals surface area contributed by atoms with Gasteiger partial charge in [0.05, 0.1) is 17.3 Å². The van der Waals surface area contributed by atoms with Gasteiger partial charge < -0.3 is 0 Å². The minimum absolute atomic E-state index is 0.128. The molecule has 0 saturated heterocycles. The Bertz CT molecular complexity index is 929. The zero-order valence-electron chi connectivity index (χ0n) is 13.2. The summed E-state index contributed by atoms with van der Waals surface area (Å²) in [6.07, 6.45) is 16.2. The number of fused-ring (bicyclic) bond motifs is 4. The molecular formula is C20H16N2OS. The van der Waals surface area contributed by atoms with Crippen molar-refractivity contribution >= 4 is 29.5 Å². The van der Waals surface area contributed by atoms with Crippen molar-refractivity contribution in [3.63, 3.8) is 0 Å². The van der Waals surface area contributed by atoms with Gasteiger partial charge in [0.2, 0.25) is 0 Å². The van der Waals surface area contributed by atoms with E-state index in [9.17, 15) is 4.79 Å². The number of Topliss-reactive ketones (excluding diaryl/α,β-unsaturated/α-hetero) is 1. The predicted octanol–water partition coefficient (Wildman–Crippen LogP) is 4.12. The number of carbonyl (C=O) groups excluding carboxylic acids is 1. The Balaban J connectivity index is 1.69. The second-order valence-corrected chi connectivity index (χ2v) is 8.30. The zero-order valence-corrected chi connectivity index (χ0v) is 14.0. The maximum Gasteiger partial charge on any atom is 0.134 e. The number of carbonyl (C=O) groups is 1. The Morgan fingerprint density at radius 2 is 2.25 bits per heavy atom. The van der Waals surface area contributed by atoms with Crippen molar-refractivity contribution in [1.82, 2.24) is 0 Å². The third-order valence-electron chi connectivity index (χ3n) is 6.45. The van der Waals surface area contributed by atoms with E-state index >= 15 is 0 Å². The van der Waals surface area contributed by atoms with E-state index in [1.54, 1.807) is 11.8 Å². The van der Waals surface area contributed by atoms with E-state index in [2.05, 4.69) is 47.1 Å². The SMILES string of the molecule is O=C1CCC23C=NC=C2C2C4=CCC=CC4=NC2=C2SC=CC23C1. The van der Waals surface area contributed by atoms with Crippen LogP contribution in [-0.4, -0.2) is 17.7 Å².